The van der Waals surface area contributed by atoms with E-state index in [2.05, 4.69) is 26.2 Å². The number of nitrogens with zero attached hydrogens (tertiary/aromatic N) is 1. The Morgan fingerprint density at radius 2 is 1.26 bits per heavy atom. The van der Waals surface area contributed by atoms with E-state index in [1.165, 1.54) is 13.5 Å². The third kappa shape index (κ3) is 10.7. The summed E-state index contributed by atoms with van der Waals surface area (Å²) in [6, 6.07) is -0.268. The van der Waals surface area contributed by atoms with Crippen molar-refractivity contribution in [2.24, 2.45) is 0 Å². The van der Waals surface area contributed by atoms with Crippen LogP contribution in [0.5, 0.6) is 0 Å². The first-order valence-electron chi connectivity index (χ1n) is 14.4. The van der Waals surface area contributed by atoms with Crippen molar-refractivity contribution in [3.63, 3.8) is 0 Å². The van der Waals surface area contributed by atoms with Crippen molar-refractivity contribution < 1.29 is 28.7 Å². The van der Waals surface area contributed by atoms with Crippen LogP contribution in [-0.2, 0) is 23.9 Å². The topological polar surface area (TPSA) is 146 Å². The Morgan fingerprint density at radius 3 is 1.82 bits per heavy atom. The maximum absolute atomic E-state index is 12.6. The molecule has 4 N–H and O–H groups in total. The fraction of sp³-hybridized carbons (Fsp3) is 0.821. The summed E-state index contributed by atoms with van der Waals surface area (Å²) in [5, 5.41) is 6.00. The van der Waals surface area contributed by atoms with Gasteiger partial charge in [-0.05, 0) is 66.2 Å². The van der Waals surface area contributed by atoms with Crippen molar-refractivity contribution in [2.45, 2.75) is 141 Å². The third-order valence-corrected chi connectivity index (χ3v) is 7.69. The van der Waals surface area contributed by atoms with Crippen molar-refractivity contribution in [3.8, 4) is 0 Å². The molecule has 11 nitrogen and oxygen atoms in total. The van der Waals surface area contributed by atoms with E-state index in [-0.39, 0.29) is 29.9 Å². The van der Waals surface area contributed by atoms with Gasteiger partial charge < -0.3 is 20.3 Å². The average molecular weight is 552 g/mol. The molecule has 0 aromatic heterocycles. The van der Waals surface area contributed by atoms with Crippen LogP contribution < -0.4 is 21.5 Å². The lowest BCUT2D eigenvalue weighted by atomic mass is 9.76. The number of rotatable bonds is 10. The number of nitrogens with one attached hydrogen (secondary N) is 4. The van der Waals surface area contributed by atoms with Gasteiger partial charge in [0.2, 0.25) is 11.8 Å². The van der Waals surface area contributed by atoms with Crippen LogP contribution in [0.15, 0.2) is 0 Å². The predicted molar refractivity (Wildman–Crippen MR) is 147 cm³/mol. The third-order valence-electron chi connectivity index (χ3n) is 7.69. The van der Waals surface area contributed by atoms with Crippen LogP contribution in [0.2, 0.25) is 0 Å². The predicted octanol–water partition coefficient (Wildman–Crippen LogP) is 3.22. The number of hydrogen-bond acceptors (Lipinski definition) is 6. The first-order chi connectivity index (χ1) is 18.4. The molecule has 2 fully saturated rings. The highest BCUT2D eigenvalue weighted by Gasteiger charge is 2.49. The van der Waals surface area contributed by atoms with Gasteiger partial charge in [0, 0.05) is 36.0 Å². The lowest BCUT2D eigenvalue weighted by Gasteiger charge is -2.54. The van der Waals surface area contributed by atoms with E-state index in [1.807, 2.05) is 27.7 Å². The summed E-state index contributed by atoms with van der Waals surface area (Å²) in [5.41, 5.74) is 3.65. The van der Waals surface area contributed by atoms with Gasteiger partial charge in [0.1, 0.15) is 0 Å². The molecule has 0 unspecified atom stereocenters. The molecule has 0 radical (unpaired) electrons. The molecular formula is C28H49N5O6. The number of carbonyl (C=O) groups is 5. The molecule has 1 saturated heterocycles. The normalized spacial score (nSPS) is 19.1. The number of hydrazine groups is 1. The maximum Gasteiger partial charge on any atom is 0.396 e. The number of hydrogen-bond donors (Lipinski definition) is 4. The summed E-state index contributed by atoms with van der Waals surface area (Å²) >= 11 is 0. The molecule has 0 atom stereocenters. The molecule has 1 aliphatic carbocycles. The quantitative estimate of drug-likeness (QED) is 0.142. The monoisotopic (exact) mass is 551 g/mol. The maximum atomic E-state index is 12.6. The van der Waals surface area contributed by atoms with Crippen molar-refractivity contribution in [1.29, 1.82) is 0 Å². The lowest BCUT2D eigenvalue weighted by molar-refractivity contribution is -0.169. The van der Waals surface area contributed by atoms with Crippen LogP contribution in [-0.4, -0.2) is 64.9 Å². The van der Waals surface area contributed by atoms with Crippen LogP contribution in [0.1, 0.15) is 118 Å². The number of likely N-dealkylation sites (tertiary alicyclic amines) is 1. The molecule has 1 heterocycles. The second-order valence-corrected chi connectivity index (χ2v) is 12.2. The van der Waals surface area contributed by atoms with Crippen LogP contribution >= 0.6 is 0 Å². The molecule has 2 aliphatic rings. The van der Waals surface area contributed by atoms with Crippen molar-refractivity contribution in [1.82, 2.24) is 26.4 Å². The molecule has 5 amide bonds. The van der Waals surface area contributed by atoms with Gasteiger partial charge in [0.05, 0.1) is 7.11 Å². The van der Waals surface area contributed by atoms with E-state index in [0.29, 0.717) is 25.7 Å². The summed E-state index contributed by atoms with van der Waals surface area (Å²) in [6.45, 7) is 7.60. The second-order valence-electron chi connectivity index (χ2n) is 12.2. The Labute approximate surface area is 232 Å². The van der Waals surface area contributed by atoms with E-state index in [4.69, 9.17) is 0 Å². The standard InChI is InChI=1S/C28H49N5O6/c1-27(2)18-21(19-28(3,4)33(27)24(36)25(37)39-5)29-22(34)16-12-7-6-8-13-17-23(35)31-32-26(38)30-20-14-10-9-11-15-20/h20-21H,6-19H2,1-5H3,(H,29,34)(H,31,35)(H2,30,32,38). The Morgan fingerprint density at radius 1 is 0.718 bits per heavy atom. The van der Waals surface area contributed by atoms with Crippen LogP contribution in [0.3, 0.4) is 0 Å². The molecule has 0 bridgehead atoms. The fourth-order valence-corrected chi connectivity index (χ4v) is 6.17. The molecule has 39 heavy (non-hydrogen) atoms. The van der Waals surface area contributed by atoms with E-state index < -0.39 is 23.0 Å². The minimum atomic E-state index is -0.881. The second kappa shape index (κ2) is 15.1. The first kappa shape index (κ1) is 32.4. The van der Waals surface area contributed by atoms with Crippen molar-refractivity contribution in [3.05, 3.63) is 0 Å². The van der Waals surface area contributed by atoms with Gasteiger partial charge >= 0.3 is 17.9 Å². The fourth-order valence-electron chi connectivity index (χ4n) is 6.17. The average Bonchev–Trinajstić information content (AvgIpc) is 2.85. The molecule has 1 aliphatic heterocycles. The summed E-state index contributed by atoms with van der Waals surface area (Å²) < 4.78 is 4.64. The first-order valence-corrected chi connectivity index (χ1v) is 14.4. The van der Waals surface area contributed by atoms with Gasteiger partial charge in [0.15, 0.2) is 0 Å². The van der Waals surface area contributed by atoms with Crippen LogP contribution in [0.4, 0.5) is 4.79 Å². The highest BCUT2D eigenvalue weighted by molar-refractivity contribution is 6.32. The highest BCUT2D eigenvalue weighted by atomic mass is 16.5. The zero-order valence-electron chi connectivity index (χ0n) is 24.5. The number of ether oxygens (including phenoxy) is 1. The Balaban J connectivity index is 1.57. The smallest absolute Gasteiger partial charge is 0.396 e. The Bertz CT molecular complexity index is 851. The number of unbranched alkanes of at least 4 members (excludes halogenated alkanes) is 4. The molecule has 0 aromatic carbocycles. The van der Waals surface area contributed by atoms with Gasteiger partial charge in [0.25, 0.3) is 0 Å². The molecule has 0 aromatic rings. The number of methoxy groups -OCH3 is 1. The van der Waals surface area contributed by atoms with Gasteiger partial charge in [-0.2, -0.15) is 0 Å². The summed E-state index contributed by atoms with van der Waals surface area (Å²) in [7, 11) is 1.20. The number of amides is 5. The van der Waals surface area contributed by atoms with E-state index in [9.17, 15) is 24.0 Å². The molecule has 222 valence electrons. The molecule has 11 heteroatoms. The summed E-state index contributed by atoms with van der Waals surface area (Å²) in [5.74, 6) is -1.77. The zero-order chi connectivity index (χ0) is 29.1. The van der Waals surface area contributed by atoms with E-state index in [1.54, 1.807) is 4.90 Å². The SMILES string of the molecule is COC(=O)C(=O)N1C(C)(C)CC(NC(=O)CCCCCCCC(=O)NNC(=O)NC2CCCCC2)CC1(C)C. The van der Waals surface area contributed by atoms with E-state index in [0.717, 1.165) is 57.8 Å². The molecule has 1 saturated carbocycles. The van der Waals surface area contributed by atoms with Crippen molar-refractivity contribution in [2.75, 3.05) is 7.11 Å². The summed E-state index contributed by atoms with van der Waals surface area (Å²) in [4.78, 5) is 62.5. The molecule has 2 rings (SSSR count). The number of piperidine rings is 1. The van der Waals surface area contributed by atoms with Crippen LogP contribution in [0.25, 0.3) is 0 Å². The lowest BCUT2D eigenvalue weighted by Crippen LogP contribution is -2.67. The van der Waals surface area contributed by atoms with Gasteiger partial charge in [-0.25, -0.2) is 15.0 Å². The minimum Gasteiger partial charge on any atom is -0.462 e. The number of carbonyl (C=O) groups excluding carboxylic acids is 5. The van der Waals surface area contributed by atoms with Gasteiger partial charge in [-0.1, -0.05) is 38.5 Å². The van der Waals surface area contributed by atoms with Gasteiger partial charge in [-0.15, -0.1) is 0 Å². The highest BCUT2D eigenvalue weighted by Crippen LogP contribution is 2.38. The molecular weight excluding hydrogens is 502 g/mol. The Kier molecular flexibility index (Phi) is 12.5. The number of esters is 1. The summed E-state index contributed by atoms with van der Waals surface area (Å²) in [6.07, 6.45) is 11.4. The largest absolute Gasteiger partial charge is 0.462 e. The van der Waals surface area contributed by atoms with Gasteiger partial charge in [-0.3, -0.25) is 19.8 Å². The van der Waals surface area contributed by atoms with E-state index >= 15 is 0 Å². The van der Waals surface area contributed by atoms with Crippen molar-refractivity contribution >= 4 is 29.7 Å². The Hall–Kier alpha value is -2.85. The molecule has 0 spiro atoms. The zero-order valence-corrected chi connectivity index (χ0v) is 24.5. The van der Waals surface area contributed by atoms with Crippen LogP contribution in [0, 0.1) is 0 Å². The minimum absolute atomic E-state index is 0.0173. The number of urea groups is 1.